The van der Waals surface area contributed by atoms with Crippen LogP contribution in [0.5, 0.6) is 11.5 Å². The third kappa shape index (κ3) is 4.91. The van der Waals surface area contributed by atoms with E-state index in [1.165, 1.54) is 14.2 Å². The van der Waals surface area contributed by atoms with Gasteiger partial charge in [0.05, 0.1) is 20.3 Å². The van der Waals surface area contributed by atoms with Crippen molar-refractivity contribution in [3.05, 3.63) is 23.8 Å². The summed E-state index contributed by atoms with van der Waals surface area (Å²) in [5, 5.41) is 9.66. The van der Waals surface area contributed by atoms with Crippen LogP contribution < -0.4 is 9.47 Å². The lowest BCUT2D eigenvalue weighted by Crippen LogP contribution is -2.52. The molecule has 1 unspecified atom stereocenters. The molecule has 0 aromatic heterocycles. The van der Waals surface area contributed by atoms with Crippen LogP contribution in [0.25, 0.3) is 0 Å². The van der Waals surface area contributed by atoms with Crippen molar-refractivity contribution in [1.82, 2.24) is 4.90 Å². The molecule has 1 aliphatic heterocycles. The van der Waals surface area contributed by atoms with Crippen molar-refractivity contribution < 1.29 is 28.9 Å². The Labute approximate surface area is 160 Å². The Morgan fingerprint density at radius 1 is 1.26 bits per heavy atom. The van der Waals surface area contributed by atoms with E-state index in [2.05, 4.69) is 6.92 Å². The quantitative estimate of drug-likeness (QED) is 0.664. The SMILES string of the molecule is CCCCOc1ccc(C(=O)N2CCCC(COC)(C(=O)O)C2)cc1OC. The van der Waals surface area contributed by atoms with Crippen molar-refractivity contribution in [2.75, 3.05) is 40.5 Å². The van der Waals surface area contributed by atoms with E-state index in [1.54, 1.807) is 23.1 Å². The summed E-state index contributed by atoms with van der Waals surface area (Å²) in [6.07, 6.45) is 3.08. The number of likely N-dealkylation sites (tertiary alicyclic amines) is 1. The fourth-order valence-corrected chi connectivity index (χ4v) is 3.36. The van der Waals surface area contributed by atoms with E-state index < -0.39 is 11.4 Å². The van der Waals surface area contributed by atoms with Crippen LogP contribution in [0.15, 0.2) is 18.2 Å². The number of amides is 1. The molecule has 27 heavy (non-hydrogen) atoms. The van der Waals surface area contributed by atoms with Gasteiger partial charge in [-0.1, -0.05) is 13.3 Å². The number of rotatable bonds is 9. The fraction of sp³-hybridized carbons (Fsp3) is 0.600. The molecule has 0 aliphatic carbocycles. The number of carboxylic acids is 1. The van der Waals surface area contributed by atoms with Crippen LogP contribution in [0.2, 0.25) is 0 Å². The molecule has 1 saturated heterocycles. The Bertz CT molecular complexity index is 658. The van der Waals surface area contributed by atoms with Gasteiger partial charge >= 0.3 is 5.97 Å². The van der Waals surface area contributed by atoms with Crippen molar-refractivity contribution in [2.24, 2.45) is 5.41 Å². The van der Waals surface area contributed by atoms with Crippen molar-refractivity contribution in [3.63, 3.8) is 0 Å². The summed E-state index contributed by atoms with van der Waals surface area (Å²) in [4.78, 5) is 26.3. The van der Waals surface area contributed by atoms with Crippen LogP contribution in [0.3, 0.4) is 0 Å². The monoisotopic (exact) mass is 379 g/mol. The van der Waals surface area contributed by atoms with Gasteiger partial charge in [0.15, 0.2) is 11.5 Å². The van der Waals surface area contributed by atoms with Gasteiger partial charge in [-0.25, -0.2) is 0 Å². The predicted octanol–water partition coefficient (Wildman–Crippen LogP) is 2.83. The molecule has 1 heterocycles. The minimum atomic E-state index is -1.06. The van der Waals surface area contributed by atoms with Crippen LogP contribution in [-0.4, -0.2) is 62.4 Å². The lowest BCUT2D eigenvalue weighted by Gasteiger charge is -2.39. The van der Waals surface area contributed by atoms with Gasteiger partial charge in [0, 0.05) is 25.8 Å². The lowest BCUT2D eigenvalue weighted by atomic mass is 9.80. The Balaban J connectivity index is 2.17. The van der Waals surface area contributed by atoms with Crippen LogP contribution in [-0.2, 0) is 9.53 Å². The molecule has 1 aromatic rings. The summed E-state index contributed by atoms with van der Waals surface area (Å²) in [7, 11) is 3.01. The second-order valence-corrected chi connectivity index (χ2v) is 6.92. The van der Waals surface area contributed by atoms with E-state index in [0.29, 0.717) is 43.1 Å². The maximum absolute atomic E-state index is 12.9. The fourth-order valence-electron chi connectivity index (χ4n) is 3.36. The van der Waals surface area contributed by atoms with Gasteiger partial charge in [0.25, 0.3) is 5.91 Å². The number of aliphatic carboxylic acids is 1. The summed E-state index contributed by atoms with van der Waals surface area (Å²) < 4.78 is 16.2. The number of piperidine rings is 1. The zero-order valence-corrected chi connectivity index (χ0v) is 16.3. The average Bonchev–Trinajstić information content (AvgIpc) is 2.68. The van der Waals surface area contributed by atoms with E-state index in [9.17, 15) is 14.7 Å². The number of hydrogen-bond donors (Lipinski definition) is 1. The van der Waals surface area contributed by atoms with E-state index in [0.717, 1.165) is 12.8 Å². The smallest absolute Gasteiger partial charge is 0.313 e. The van der Waals surface area contributed by atoms with E-state index in [1.807, 2.05) is 0 Å². The first-order valence-electron chi connectivity index (χ1n) is 9.30. The molecule has 2 rings (SSSR count). The van der Waals surface area contributed by atoms with Crippen LogP contribution in [0.1, 0.15) is 43.0 Å². The van der Waals surface area contributed by atoms with Crippen molar-refractivity contribution in [3.8, 4) is 11.5 Å². The largest absolute Gasteiger partial charge is 0.493 e. The molecule has 150 valence electrons. The predicted molar refractivity (Wildman–Crippen MR) is 100 cm³/mol. The van der Waals surface area contributed by atoms with Crippen molar-refractivity contribution in [1.29, 1.82) is 0 Å². The first kappa shape index (κ1) is 21.0. The Morgan fingerprint density at radius 2 is 2.04 bits per heavy atom. The van der Waals surface area contributed by atoms with E-state index in [-0.39, 0.29) is 19.1 Å². The molecule has 0 bridgehead atoms. The number of unbranched alkanes of at least 4 members (excludes halogenated alkanes) is 1. The molecule has 1 aliphatic rings. The Kier molecular flexibility index (Phi) is 7.47. The topological polar surface area (TPSA) is 85.3 Å². The number of ether oxygens (including phenoxy) is 3. The maximum Gasteiger partial charge on any atom is 0.313 e. The summed E-state index contributed by atoms with van der Waals surface area (Å²) in [6.45, 7) is 3.41. The van der Waals surface area contributed by atoms with Gasteiger partial charge in [0.2, 0.25) is 0 Å². The van der Waals surface area contributed by atoms with Crippen molar-refractivity contribution >= 4 is 11.9 Å². The number of carbonyl (C=O) groups is 2. The van der Waals surface area contributed by atoms with Gasteiger partial charge in [-0.05, 0) is 37.5 Å². The molecule has 0 radical (unpaired) electrons. The molecule has 1 fully saturated rings. The zero-order chi connectivity index (χ0) is 19.9. The van der Waals surface area contributed by atoms with Crippen LogP contribution in [0.4, 0.5) is 0 Å². The molecule has 0 spiro atoms. The van der Waals surface area contributed by atoms with Gasteiger partial charge in [-0.2, -0.15) is 0 Å². The molecular weight excluding hydrogens is 350 g/mol. The first-order chi connectivity index (χ1) is 13.0. The van der Waals surface area contributed by atoms with Gasteiger partial charge < -0.3 is 24.2 Å². The molecule has 1 aromatic carbocycles. The molecule has 1 amide bonds. The summed E-state index contributed by atoms with van der Waals surface area (Å²) in [5.74, 6) is -0.0512. The first-order valence-corrected chi connectivity index (χ1v) is 9.30. The minimum Gasteiger partial charge on any atom is -0.493 e. The zero-order valence-electron chi connectivity index (χ0n) is 16.3. The van der Waals surface area contributed by atoms with Gasteiger partial charge in [-0.3, -0.25) is 9.59 Å². The molecule has 0 saturated carbocycles. The summed E-state index contributed by atoms with van der Waals surface area (Å²) in [6, 6.07) is 5.07. The highest BCUT2D eigenvalue weighted by Crippen LogP contribution is 2.33. The number of carboxylic acid groups (broad SMARTS) is 1. The van der Waals surface area contributed by atoms with Crippen molar-refractivity contribution in [2.45, 2.75) is 32.6 Å². The third-order valence-corrected chi connectivity index (χ3v) is 4.90. The number of hydrogen-bond acceptors (Lipinski definition) is 5. The highest BCUT2D eigenvalue weighted by Gasteiger charge is 2.44. The molecule has 7 nitrogen and oxygen atoms in total. The number of methoxy groups -OCH3 is 2. The normalized spacial score (nSPS) is 19.6. The molecule has 1 N–H and O–H groups in total. The van der Waals surface area contributed by atoms with Crippen LogP contribution in [0, 0.1) is 5.41 Å². The lowest BCUT2D eigenvalue weighted by molar-refractivity contribution is -0.155. The molecule has 7 heteroatoms. The summed E-state index contributed by atoms with van der Waals surface area (Å²) in [5.41, 5.74) is -0.607. The number of benzene rings is 1. The highest BCUT2D eigenvalue weighted by molar-refractivity contribution is 5.95. The summed E-state index contributed by atoms with van der Waals surface area (Å²) >= 11 is 0. The highest BCUT2D eigenvalue weighted by atomic mass is 16.5. The van der Waals surface area contributed by atoms with Gasteiger partial charge in [-0.15, -0.1) is 0 Å². The maximum atomic E-state index is 12.9. The second kappa shape index (κ2) is 9.60. The van der Waals surface area contributed by atoms with Crippen LogP contribution >= 0.6 is 0 Å². The van der Waals surface area contributed by atoms with E-state index >= 15 is 0 Å². The third-order valence-electron chi connectivity index (χ3n) is 4.90. The van der Waals surface area contributed by atoms with Gasteiger partial charge in [0.1, 0.15) is 5.41 Å². The molecule has 1 atom stereocenters. The van der Waals surface area contributed by atoms with E-state index in [4.69, 9.17) is 14.2 Å². The Hall–Kier alpha value is -2.28. The minimum absolute atomic E-state index is 0.0830. The average molecular weight is 379 g/mol. The molecular formula is C20H29NO6. The Morgan fingerprint density at radius 3 is 2.67 bits per heavy atom. The number of nitrogens with zero attached hydrogens (tertiary/aromatic N) is 1. The standard InChI is InChI=1S/C20H29NO6/c1-4-5-11-27-16-8-7-15(12-17(16)26-3)18(22)21-10-6-9-20(13-21,14-25-2)19(23)24/h7-8,12H,4-6,9-11,13-14H2,1-3H3,(H,23,24). The second-order valence-electron chi connectivity index (χ2n) is 6.92. The number of carbonyl (C=O) groups excluding carboxylic acids is 1.